The second-order valence-corrected chi connectivity index (χ2v) is 6.55. The molecule has 0 saturated heterocycles. The predicted molar refractivity (Wildman–Crippen MR) is 100 cm³/mol. The van der Waals surface area contributed by atoms with Crippen LogP contribution in [0.2, 0.25) is 0 Å². The molecule has 7 heteroatoms. The molecule has 0 N–H and O–H groups in total. The Morgan fingerprint density at radius 1 is 0.931 bits per heavy atom. The molecule has 148 valence electrons. The molecule has 1 aliphatic rings. The fourth-order valence-corrected chi connectivity index (χ4v) is 3.15. The van der Waals surface area contributed by atoms with Gasteiger partial charge in [0, 0.05) is 6.54 Å². The maximum Gasteiger partial charge on any atom is 0.573 e. The fraction of sp³-hybridized carbons (Fsp3) is 0.136. The molecule has 0 radical (unpaired) electrons. The van der Waals surface area contributed by atoms with Crippen LogP contribution in [0.5, 0.6) is 11.5 Å². The number of nitrogens with zero attached hydrogens (tertiary/aromatic N) is 1. The Balaban J connectivity index is 1.56. The molecule has 0 atom stereocenters. The number of fused-ring (bicyclic) bond motifs is 1. The maximum atomic E-state index is 12.9. The fourth-order valence-electron chi connectivity index (χ4n) is 3.15. The third-order valence-electron chi connectivity index (χ3n) is 4.51. The maximum absolute atomic E-state index is 12.9. The zero-order valence-electron chi connectivity index (χ0n) is 15.1. The smallest absolute Gasteiger partial charge is 0.472 e. The average Bonchev–Trinajstić information content (AvgIpc) is 2.70. The highest BCUT2D eigenvalue weighted by molar-refractivity contribution is 5.99. The van der Waals surface area contributed by atoms with Gasteiger partial charge in [0.25, 0.3) is 5.91 Å². The number of hydrogen-bond acceptors (Lipinski definition) is 3. The molecule has 0 spiro atoms. The van der Waals surface area contributed by atoms with E-state index in [2.05, 4.69) is 4.74 Å². The first-order valence-electron chi connectivity index (χ1n) is 8.85. The van der Waals surface area contributed by atoms with Crippen LogP contribution in [0.25, 0.3) is 11.1 Å². The van der Waals surface area contributed by atoms with Gasteiger partial charge in [0.05, 0.1) is 5.56 Å². The molecule has 4 nitrogen and oxygen atoms in total. The van der Waals surface area contributed by atoms with Gasteiger partial charge in [-0.3, -0.25) is 4.79 Å². The van der Waals surface area contributed by atoms with Crippen LogP contribution in [0.1, 0.15) is 15.9 Å². The van der Waals surface area contributed by atoms with Crippen LogP contribution < -0.4 is 9.47 Å². The highest BCUT2D eigenvalue weighted by Crippen LogP contribution is 2.32. The number of hydrogen-bond donors (Lipinski definition) is 0. The number of alkyl halides is 3. The lowest BCUT2D eigenvalue weighted by Gasteiger charge is -2.29. The molecule has 1 aliphatic heterocycles. The van der Waals surface area contributed by atoms with Crippen molar-refractivity contribution in [1.82, 2.24) is 4.90 Å². The minimum absolute atomic E-state index is 0.156. The summed E-state index contributed by atoms with van der Waals surface area (Å²) in [6.45, 7) is 0.580. The molecule has 0 aliphatic carbocycles. The van der Waals surface area contributed by atoms with Gasteiger partial charge in [-0.05, 0) is 41.0 Å². The highest BCUT2D eigenvalue weighted by atomic mass is 19.4. The van der Waals surface area contributed by atoms with Crippen molar-refractivity contribution in [3.05, 3.63) is 83.9 Å². The van der Waals surface area contributed by atoms with Crippen LogP contribution in [0.3, 0.4) is 0 Å². The summed E-state index contributed by atoms with van der Waals surface area (Å²) in [7, 11) is 0. The van der Waals surface area contributed by atoms with Crippen LogP contribution in [-0.2, 0) is 6.54 Å². The van der Waals surface area contributed by atoms with E-state index in [0.717, 1.165) is 5.56 Å². The van der Waals surface area contributed by atoms with Crippen LogP contribution in [-0.4, -0.2) is 23.9 Å². The second kappa shape index (κ2) is 7.50. The number of ether oxygens (including phenoxy) is 2. The Labute approximate surface area is 165 Å². The van der Waals surface area contributed by atoms with Gasteiger partial charge >= 0.3 is 6.36 Å². The Kier molecular flexibility index (Phi) is 4.88. The topological polar surface area (TPSA) is 38.8 Å². The largest absolute Gasteiger partial charge is 0.573 e. The Morgan fingerprint density at radius 2 is 1.62 bits per heavy atom. The van der Waals surface area contributed by atoms with Gasteiger partial charge in [0.15, 0.2) is 6.73 Å². The van der Waals surface area contributed by atoms with Gasteiger partial charge in [-0.25, -0.2) is 0 Å². The van der Waals surface area contributed by atoms with Gasteiger partial charge in [-0.1, -0.05) is 48.5 Å². The van der Waals surface area contributed by atoms with Crippen LogP contribution in [0, 0.1) is 0 Å². The molecule has 1 heterocycles. The summed E-state index contributed by atoms with van der Waals surface area (Å²) in [6, 6.07) is 20.2. The van der Waals surface area contributed by atoms with E-state index >= 15 is 0 Å². The number of benzene rings is 3. The summed E-state index contributed by atoms with van der Waals surface area (Å²) in [5.41, 5.74) is 2.76. The minimum atomic E-state index is -4.74. The quantitative estimate of drug-likeness (QED) is 0.602. The molecule has 0 aromatic heterocycles. The van der Waals surface area contributed by atoms with E-state index in [1.807, 2.05) is 30.3 Å². The van der Waals surface area contributed by atoms with E-state index in [1.54, 1.807) is 23.1 Å². The minimum Gasteiger partial charge on any atom is -0.472 e. The van der Waals surface area contributed by atoms with Gasteiger partial charge in [0.1, 0.15) is 11.5 Å². The van der Waals surface area contributed by atoms with E-state index in [-0.39, 0.29) is 18.4 Å². The molecule has 0 fully saturated rings. The predicted octanol–water partition coefficient (Wildman–Crippen LogP) is 5.24. The zero-order valence-corrected chi connectivity index (χ0v) is 15.1. The lowest BCUT2D eigenvalue weighted by molar-refractivity contribution is -0.274. The normalized spacial score (nSPS) is 13.6. The van der Waals surface area contributed by atoms with Gasteiger partial charge in [-0.15, -0.1) is 13.2 Å². The average molecular weight is 399 g/mol. The second-order valence-electron chi connectivity index (χ2n) is 6.55. The highest BCUT2D eigenvalue weighted by Gasteiger charge is 2.31. The van der Waals surface area contributed by atoms with Crippen molar-refractivity contribution in [2.45, 2.75) is 12.9 Å². The van der Waals surface area contributed by atoms with Crippen LogP contribution in [0.4, 0.5) is 13.2 Å². The molecular weight excluding hydrogens is 383 g/mol. The monoisotopic (exact) mass is 399 g/mol. The van der Waals surface area contributed by atoms with E-state index in [0.29, 0.717) is 29.0 Å². The number of amides is 1. The van der Waals surface area contributed by atoms with Crippen molar-refractivity contribution in [2.75, 3.05) is 6.73 Å². The van der Waals surface area contributed by atoms with E-state index in [4.69, 9.17) is 4.74 Å². The van der Waals surface area contributed by atoms with E-state index in [9.17, 15) is 18.0 Å². The Morgan fingerprint density at radius 3 is 2.31 bits per heavy atom. The summed E-state index contributed by atoms with van der Waals surface area (Å²) in [5.74, 6) is 0.0294. The summed E-state index contributed by atoms with van der Waals surface area (Å²) in [6.07, 6.45) is -4.74. The Bertz CT molecular complexity index is 1020. The standard InChI is InChI=1S/C22H16F3NO3/c23-22(24,25)29-18-9-6-16(7-10-18)17-8-11-20-19(12-17)21(27)26(14-28-20)13-15-4-2-1-3-5-15/h1-12H,13-14H2. The van der Waals surface area contributed by atoms with Crippen molar-refractivity contribution in [3.63, 3.8) is 0 Å². The number of carbonyl (C=O) groups is 1. The summed E-state index contributed by atoms with van der Waals surface area (Å²) < 4.78 is 46.5. The summed E-state index contributed by atoms with van der Waals surface area (Å²) >= 11 is 0. The van der Waals surface area contributed by atoms with Crippen LogP contribution in [0.15, 0.2) is 72.8 Å². The van der Waals surface area contributed by atoms with E-state index < -0.39 is 6.36 Å². The van der Waals surface area contributed by atoms with Gasteiger partial charge < -0.3 is 14.4 Å². The molecular formula is C22H16F3NO3. The zero-order chi connectivity index (χ0) is 20.4. The van der Waals surface area contributed by atoms with Gasteiger partial charge in [-0.2, -0.15) is 0 Å². The lowest BCUT2D eigenvalue weighted by atomic mass is 10.0. The van der Waals surface area contributed by atoms with Gasteiger partial charge in [0.2, 0.25) is 0 Å². The third kappa shape index (κ3) is 4.34. The molecule has 29 heavy (non-hydrogen) atoms. The molecule has 0 bridgehead atoms. The van der Waals surface area contributed by atoms with Crippen LogP contribution >= 0.6 is 0 Å². The Hall–Kier alpha value is -3.48. The first kappa shape index (κ1) is 18.9. The lowest BCUT2D eigenvalue weighted by Crippen LogP contribution is -2.38. The molecule has 0 saturated carbocycles. The van der Waals surface area contributed by atoms with E-state index in [1.165, 1.54) is 24.3 Å². The molecule has 3 aromatic rings. The first-order chi connectivity index (χ1) is 13.9. The number of carbonyl (C=O) groups excluding carboxylic acids is 1. The molecule has 4 rings (SSSR count). The third-order valence-corrected chi connectivity index (χ3v) is 4.51. The molecule has 1 amide bonds. The van der Waals surface area contributed by atoms with Crippen molar-refractivity contribution in [1.29, 1.82) is 0 Å². The molecule has 0 unspecified atom stereocenters. The number of halogens is 3. The van der Waals surface area contributed by atoms with Crippen molar-refractivity contribution >= 4 is 5.91 Å². The van der Waals surface area contributed by atoms with Crippen molar-refractivity contribution in [3.8, 4) is 22.6 Å². The SMILES string of the molecule is O=C1c2cc(-c3ccc(OC(F)(F)F)cc3)ccc2OCN1Cc1ccccc1. The van der Waals surface area contributed by atoms with Crippen molar-refractivity contribution in [2.24, 2.45) is 0 Å². The summed E-state index contributed by atoms with van der Waals surface area (Å²) in [5, 5.41) is 0. The summed E-state index contributed by atoms with van der Waals surface area (Å²) in [4.78, 5) is 14.5. The van der Waals surface area contributed by atoms with Crippen molar-refractivity contribution < 1.29 is 27.4 Å². The number of rotatable bonds is 4. The first-order valence-corrected chi connectivity index (χ1v) is 8.85. The molecule has 3 aromatic carbocycles.